The fraction of sp³-hybridized carbons (Fsp3) is 0.529. The van der Waals surface area contributed by atoms with Crippen LogP contribution < -0.4 is 0 Å². The first-order chi connectivity index (χ1) is 11.2. The quantitative estimate of drug-likeness (QED) is 0.434. The molecule has 7 heteroatoms. The summed E-state index contributed by atoms with van der Waals surface area (Å²) in [4.78, 5) is 17.6. The molecule has 1 aromatic carbocycles. The molecule has 0 spiro atoms. The maximum absolute atomic E-state index is 13.8. The van der Waals surface area contributed by atoms with Gasteiger partial charge in [-0.25, -0.2) is 4.99 Å². The maximum atomic E-state index is 13.8. The number of rotatable bonds is 5. The van der Waals surface area contributed by atoms with Crippen LogP contribution in [-0.4, -0.2) is 43.0 Å². The van der Waals surface area contributed by atoms with Crippen LogP contribution in [0, 0.1) is 6.92 Å². The Morgan fingerprint density at radius 2 is 2.12 bits per heavy atom. The molecule has 1 aliphatic heterocycles. The van der Waals surface area contributed by atoms with E-state index in [-0.39, 0.29) is 17.5 Å². The minimum absolute atomic E-state index is 0.00261. The average molecular weight is 358 g/mol. The number of nitrogens with zero attached hydrogens (tertiary/aromatic N) is 2. The van der Waals surface area contributed by atoms with Crippen LogP contribution in [-0.2, 0) is 4.75 Å². The summed E-state index contributed by atoms with van der Waals surface area (Å²) in [5, 5.41) is 0. The van der Waals surface area contributed by atoms with Gasteiger partial charge < -0.3 is 4.90 Å². The molecule has 0 bridgehead atoms. The summed E-state index contributed by atoms with van der Waals surface area (Å²) in [5.41, 5.74) is 1.28. The molecule has 3 nitrogen and oxygen atoms in total. The number of aliphatic imine (C=N–C) groups is 1. The van der Waals surface area contributed by atoms with Gasteiger partial charge in [-0.2, -0.15) is 13.2 Å². The van der Waals surface area contributed by atoms with Crippen LogP contribution >= 0.6 is 11.8 Å². The van der Waals surface area contributed by atoms with Crippen molar-refractivity contribution in [1.29, 1.82) is 0 Å². The molecule has 1 unspecified atom stereocenters. The summed E-state index contributed by atoms with van der Waals surface area (Å²) in [6.07, 6.45) is -1.79. The van der Waals surface area contributed by atoms with Crippen LogP contribution in [0.15, 0.2) is 17.1 Å². The molecule has 0 aliphatic carbocycles. The first kappa shape index (κ1) is 18.8. The van der Waals surface area contributed by atoms with E-state index in [2.05, 4.69) is 4.99 Å². The summed E-state index contributed by atoms with van der Waals surface area (Å²) < 4.78 is 39.3. The Hall–Kier alpha value is -1.50. The zero-order valence-electron chi connectivity index (χ0n) is 14.0. The van der Waals surface area contributed by atoms with E-state index in [4.69, 9.17) is 0 Å². The van der Waals surface area contributed by atoms with Crippen molar-refractivity contribution in [3.05, 3.63) is 28.8 Å². The normalized spacial score (nSPS) is 21.4. The van der Waals surface area contributed by atoms with Gasteiger partial charge in [-0.1, -0.05) is 6.07 Å². The lowest BCUT2D eigenvalue weighted by Crippen LogP contribution is -2.38. The predicted molar refractivity (Wildman–Crippen MR) is 92.4 cm³/mol. The van der Waals surface area contributed by atoms with Crippen molar-refractivity contribution in [2.24, 2.45) is 4.99 Å². The summed E-state index contributed by atoms with van der Waals surface area (Å²) >= 11 is 0.885. The van der Waals surface area contributed by atoms with Gasteiger partial charge in [0.05, 0.1) is 12.0 Å². The van der Waals surface area contributed by atoms with Gasteiger partial charge in [0, 0.05) is 19.2 Å². The zero-order chi connectivity index (χ0) is 18.0. The first-order valence-corrected chi connectivity index (χ1v) is 8.79. The van der Waals surface area contributed by atoms with Crippen LogP contribution in [0.2, 0.25) is 0 Å². The van der Waals surface area contributed by atoms with Crippen LogP contribution in [0.4, 0.5) is 18.9 Å². The van der Waals surface area contributed by atoms with Crippen LogP contribution in [0.1, 0.15) is 41.3 Å². The molecule has 1 fully saturated rings. The van der Waals surface area contributed by atoms with E-state index >= 15 is 0 Å². The highest BCUT2D eigenvalue weighted by Gasteiger charge is 2.58. The number of aryl methyl sites for hydroxylation is 1. The summed E-state index contributed by atoms with van der Waals surface area (Å²) in [6, 6.07) is 2.94. The van der Waals surface area contributed by atoms with E-state index in [1.165, 1.54) is 12.1 Å². The lowest BCUT2D eigenvalue weighted by Gasteiger charge is -2.32. The van der Waals surface area contributed by atoms with Crippen molar-refractivity contribution in [2.45, 2.75) is 37.6 Å². The maximum Gasteiger partial charge on any atom is 0.407 e. The zero-order valence-corrected chi connectivity index (χ0v) is 14.8. The Balaban J connectivity index is 2.54. The Labute approximate surface area is 144 Å². The Morgan fingerprint density at radius 3 is 2.62 bits per heavy atom. The number of aldehydes is 1. The van der Waals surface area contributed by atoms with Crippen molar-refractivity contribution in [2.75, 3.05) is 19.3 Å². The molecular formula is C17H21F3N2OS. The summed E-state index contributed by atoms with van der Waals surface area (Å²) in [5.74, 6) is 0.443. The van der Waals surface area contributed by atoms with E-state index in [9.17, 15) is 18.0 Å². The van der Waals surface area contributed by atoms with Crippen molar-refractivity contribution < 1.29 is 18.0 Å². The third-order valence-corrected chi connectivity index (χ3v) is 5.94. The molecule has 0 N–H and O–H groups in total. The SMILES string of the molecule is CCN(C)/C=N/c1cc(C=O)c(C2(C(F)(F)F)CCCS2)cc1C. The smallest absolute Gasteiger partial charge is 0.366 e. The largest absolute Gasteiger partial charge is 0.407 e. The fourth-order valence-electron chi connectivity index (χ4n) is 2.77. The highest BCUT2D eigenvalue weighted by Crippen LogP contribution is 2.57. The number of halogens is 3. The lowest BCUT2D eigenvalue weighted by atomic mass is 9.88. The minimum atomic E-state index is -4.40. The first-order valence-electron chi connectivity index (χ1n) is 7.80. The van der Waals surface area contributed by atoms with Gasteiger partial charge in [-0.05, 0) is 49.6 Å². The second-order valence-electron chi connectivity index (χ2n) is 5.94. The molecule has 1 atom stereocenters. The van der Waals surface area contributed by atoms with Crippen LogP contribution in [0.3, 0.4) is 0 Å². The highest BCUT2D eigenvalue weighted by molar-refractivity contribution is 8.00. The molecule has 0 aromatic heterocycles. The Morgan fingerprint density at radius 1 is 1.42 bits per heavy atom. The monoisotopic (exact) mass is 358 g/mol. The van der Waals surface area contributed by atoms with Crippen molar-refractivity contribution >= 4 is 30.1 Å². The van der Waals surface area contributed by atoms with E-state index in [1.807, 2.05) is 18.9 Å². The van der Waals surface area contributed by atoms with Gasteiger partial charge in [0.25, 0.3) is 0 Å². The third-order valence-electron chi connectivity index (χ3n) is 4.30. The third kappa shape index (κ3) is 3.45. The minimum Gasteiger partial charge on any atom is -0.366 e. The molecule has 24 heavy (non-hydrogen) atoms. The molecule has 0 saturated carbocycles. The molecule has 1 aliphatic rings. The van der Waals surface area contributed by atoms with Gasteiger partial charge in [-0.3, -0.25) is 4.79 Å². The number of carbonyl (C=O) groups is 1. The van der Waals surface area contributed by atoms with Gasteiger partial charge in [0.15, 0.2) is 0 Å². The van der Waals surface area contributed by atoms with Crippen LogP contribution in [0.25, 0.3) is 0 Å². The van der Waals surface area contributed by atoms with Crippen molar-refractivity contribution in [3.8, 4) is 0 Å². The summed E-state index contributed by atoms with van der Waals surface area (Å²) in [6.45, 7) is 4.44. The molecule has 2 rings (SSSR count). The van der Waals surface area contributed by atoms with E-state index < -0.39 is 10.9 Å². The Bertz CT molecular complexity index is 637. The van der Waals surface area contributed by atoms with E-state index in [0.29, 0.717) is 29.7 Å². The number of hydrogen-bond donors (Lipinski definition) is 0. The number of alkyl halides is 3. The van der Waals surface area contributed by atoms with Crippen molar-refractivity contribution in [3.63, 3.8) is 0 Å². The molecule has 1 heterocycles. The molecule has 132 valence electrons. The van der Waals surface area contributed by atoms with Gasteiger partial charge in [0.1, 0.15) is 11.0 Å². The van der Waals surface area contributed by atoms with Gasteiger partial charge >= 0.3 is 6.18 Å². The van der Waals surface area contributed by atoms with Crippen molar-refractivity contribution in [1.82, 2.24) is 4.90 Å². The number of thioether (sulfide) groups is 1. The van der Waals surface area contributed by atoms with Crippen LogP contribution in [0.5, 0.6) is 0 Å². The Kier molecular flexibility index (Phi) is 5.63. The summed E-state index contributed by atoms with van der Waals surface area (Å²) in [7, 11) is 1.85. The molecular weight excluding hydrogens is 337 g/mol. The topological polar surface area (TPSA) is 32.7 Å². The van der Waals surface area contributed by atoms with E-state index in [1.54, 1.807) is 13.3 Å². The number of hydrogen-bond acceptors (Lipinski definition) is 3. The molecule has 0 radical (unpaired) electrons. The van der Waals surface area contributed by atoms with Gasteiger partial charge in [-0.15, -0.1) is 11.8 Å². The fourth-order valence-corrected chi connectivity index (χ4v) is 4.19. The molecule has 1 aromatic rings. The average Bonchev–Trinajstić information content (AvgIpc) is 3.03. The predicted octanol–water partition coefficient (Wildman–Crippen LogP) is 4.70. The second kappa shape index (κ2) is 7.17. The molecule has 0 amide bonds. The number of carbonyl (C=O) groups excluding carboxylic acids is 1. The lowest BCUT2D eigenvalue weighted by molar-refractivity contribution is -0.162. The number of benzene rings is 1. The van der Waals surface area contributed by atoms with E-state index in [0.717, 1.165) is 18.3 Å². The highest BCUT2D eigenvalue weighted by atomic mass is 32.2. The molecule has 1 saturated heterocycles. The second-order valence-corrected chi connectivity index (χ2v) is 7.33. The standard InChI is InChI=1S/C17H21F3N2OS/c1-4-22(3)11-21-15-9-13(10-23)14(8-12(15)2)16(17(18,19)20)6-5-7-24-16/h8-11H,4-7H2,1-3H3/b21-11+. The van der Waals surface area contributed by atoms with Gasteiger partial charge in [0.2, 0.25) is 0 Å².